The summed E-state index contributed by atoms with van der Waals surface area (Å²) in [6, 6.07) is -1.54. The molecular weight excluding hydrogens is 407 g/mol. The summed E-state index contributed by atoms with van der Waals surface area (Å²) in [6.45, 7) is 6.77. The summed E-state index contributed by atoms with van der Waals surface area (Å²) in [6.07, 6.45) is 3.92. The predicted octanol–water partition coefficient (Wildman–Crippen LogP) is 2.13. The zero-order chi connectivity index (χ0) is 22.7. The highest BCUT2D eigenvalue weighted by Crippen LogP contribution is 2.08. The molecule has 0 radical (unpaired) electrons. The Kier molecular flexibility index (Phi) is 13.0. The van der Waals surface area contributed by atoms with Crippen molar-refractivity contribution in [3.63, 3.8) is 0 Å². The number of alkyl carbamates (subject to hydrolysis) is 1. The Morgan fingerprint density at radius 3 is 1.89 bits per heavy atom. The summed E-state index contributed by atoms with van der Waals surface area (Å²) in [7, 11) is -4.62. The van der Waals surface area contributed by atoms with E-state index < -0.39 is 42.9 Å². The molecule has 0 heterocycles. The Hall–Kier alpha value is -1.66. The van der Waals surface area contributed by atoms with E-state index in [1.54, 1.807) is 20.8 Å². The number of methoxy groups -OCH3 is 1. The Balaban J connectivity index is 0. The van der Waals surface area contributed by atoms with Crippen molar-refractivity contribution in [2.24, 2.45) is 0 Å². The molecule has 2 atom stereocenters. The van der Waals surface area contributed by atoms with Gasteiger partial charge in [0.2, 0.25) is 5.91 Å². The number of rotatable bonds is 7. The fourth-order valence-electron chi connectivity index (χ4n) is 1.62. The monoisotopic (exact) mass is 436 g/mol. The van der Waals surface area contributed by atoms with Gasteiger partial charge < -0.3 is 37.4 Å². The van der Waals surface area contributed by atoms with Gasteiger partial charge in [0, 0.05) is 6.42 Å². The first kappa shape index (κ1) is 28.6. The molecular formula is C15H29BF4N2O5S. The van der Waals surface area contributed by atoms with E-state index in [-0.39, 0.29) is 10.9 Å². The van der Waals surface area contributed by atoms with Crippen LogP contribution in [0.15, 0.2) is 0 Å². The average Bonchev–Trinajstić information content (AvgIpc) is 2.46. The second-order valence-corrected chi connectivity index (χ2v) is 9.30. The number of hydrogen-bond acceptors (Lipinski definition) is 5. The number of carbonyl (C=O) groups is 3. The summed E-state index contributed by atoms with van der Waals surface area (Å²) in [4.78, 5) is 35.6. The molecule has 0 aliphatic heterocycles. The van der Waals surface area contributed by atoms with Crippen molar-refractivity contribution < 1.29 is 41.1 Å². The molecule has 13 heteroatoms. The van der Waals surface area contributed by atoms with Gasteiger partial charge in [0.15, 0.2) is 0 Å². The molecule has 0 saturated carbocycles. The van der Waals surface area contributed by atoms with Gasteiger partial charge in [-0.25, -0.2) is 9.59 Å². The Morgan fingerprint density at radius 2 is 1.54 bits per heavy atom. The van der Waals surface area contributed by atoms with Crippen LogP contribution in [0, 0.1) is 0 Å². The van der Waals surface area contributed by atoms with Crippen molar-refractivity contribution in [2.75, 3.05) is 25.4 Å². The standard InChI is InChI=1S/C15H28N2O5S.BF4/c1-10(13(19)21-5)16-12(18)11(8-9-23(6)7)17-14(20)22-15(2,3)4;2-1(3,4)5/h10-11H,8-9H2,1-7H3,(H-,16,17,18,20);/q;-1/p+1/t10-,11+;/m0./s1. The number of nitrogens with one attached hydrogen (secondary N) is 2. The maximum Gasteiger partial charge on any atom is 0.673 e. The van der Waals surface area contributed by atoms with E-state index >= 15 is 0 Å². The summed E-state index contributed by atoms with van der Waals surface area (Å²) in [5, 5.41) is 5.11. The molecule has 0 aromatic carbocycles. The normalized spacial score (nSPS) is 13.6. The average molecular weight is 436 g/mol. The van der Waals surface area contributed by atoms with E-state index in [1.165, 1.54) is 14.0 Å². The van der Waals surface area contributed by atoms with E-state index in [2.05, 4.69) is 27.9 Å². The van der Waals surface area contributed by atoms with Crippen LogP contribution in [0.4, 0.5) is 22.1 Å². The quantitative estimate of drug-likeness (QED) is 0.276. The molecule has 7 nitrogen and oxygen atoms in total. The minimum atomic E-state index is -6.00. The zero-order valence-corrected chi connectivity index (χ0v) is 17.9. The van der Waals surface area contributed by atoms with Crippen LogP contribution in [-0.2, 0) is 30.0 Å². The second kappa shape index (κ2) is 12.7. The smallest absolute Gasteiger partial charge is 0.467 e. The largest absolute Gasteiger partial charge is 0.673 e. The summed E-state index contributed by atoms with van der Waals surface area (Å²) in [5.74, 6) is -0.195. The molecule has 0 aromatic heterocycles. The molecule has 166 valence electrons. The molecule has 0 aliphatic rings. The van der Waals surface area contributed by atoms with Crippen molar-refractivity contribution in [3.05, 3.63) is 0 Å². The Bertz CT molecular complexity index is 510. The van der Waals surface area contributed by atoms with Crippen molar-refractivity contribution in [2.45, 2.75) is 51.8 Å². The van der Waals surface area contributed by atoms with Crippen LogP contribution in [0.3, 0.4) is 0 Å². The van der Waals surface area contributed by atoms with Gasteiger partial charge >= 0.3 is 19.3 Å². The van der Waals surface area contributed by atoms with Crippen LogP contribution < -0.4 is 10.6 Å². The van der Waals surface area contributed by atoms with Gasteiger partial charge in [0.1, 0.15) is 23.4 Å². The number of amides is 2. The molecule has 0 bridgehead atoms. The highest BCUT2D eigenvalue weighted by atomic mass is 32.2. The lowest BCUT2D eigenvalue weighted by Gasteiger charge is -2.23. The molecule has 0 unspecified atom stereocenters. The maximum atomic E-state index is 12.3. The molecule has 2 amide bonds. The SMILES string of the molecule is COC(=O)[C@H](C)NC(=O)[C@@H](CC[S+](C)C)NC(=O)OC(C)(C)C.F[B-](F)(F)F. The molecule has 0 aromatic rings. The second-order valence-electron chi connectivity index (χ2n) is 6.93. The number of hydrogen-bond donors (Lipinski definition) is 2. The van der Waals surface area contributed by atoms with Gasteiger partial charge in [0.05, 0.1) is 19.6 Å². The lowest BCUT2D eigenvalue weighted by Crippen LogP contribution is -2.52. The fraction of sp³-hybridized carbons (Fsp3) is 0.800. The van der Waals surface area contributed by atoms with E-state index in [9.17, 15) is 31.6 Å². The lowest BCUT2D eigenvalue weighted by atomic mass is 10.2. The summed E-state index contributed by atoms with van der Waals surface area (Å²) in [5.41, 5.74) is -0.649. The van der Waals surface area contributed by atoms with Crippen LogP contribution >= 0.6 is 0 Å². The number of ether oxygens (including phenoxy) is 2. The third-order valence-corrected chi connectivity index (χ3v) is 3.79. The van der Waals surface area contributed by atoms with E-state index in [4.69, 9.17) is 4.74 Å². The molecule has 2 N–H and O–H groups in total. The Labute approximate surface area is 165 Å². The van der Waals surface area contributed by atoms with E-state index in [0.717, 1.165) is 5.75 Å². The molecule has 0 fully saturated rings. The molecule has 28 heavy (non-hydrogen) atoms. The molecule has 0 rings (SSSR count). The van der Waals surface area contributed by atoms with Gasteiger partial charge in [-0.1, -0.05) is 0 Å². The summed E-state index contributed by atoms with van der Waals surface area (Å²) >= 11 is 0. The van der Waals surface area contributed by atoms with Gasteiger partial charge in [0.25, 0.3) is 0 Å². The van der Waals surface area contributed by atoms with Crippen molar-refractivity contribution in [1.29, 1.82) is 0 Å². The predicted molar refractivity (Wildman–Crippen MR) is 102 cm³/mol. The van der Waals surface area contributed by atoms with Gasteiger partial charge in [-0.05, 0) is 38.6 Å². The highest BCUT2D eigenvalue weighted by Gasteiger charge is 2.28. The van der Waals surface area contributed by atoms with Gasteiger partial charge in [-0.2, -0.15) is 0 Å². The third kappa shape index (κ3) is 19.1. The van der Waals surface area contributed by atoms with Gasteiger partial charge in [-0.3, -0.25) is 4.79 Å². The number of esters is 1. The molecule has 0 aliphatic carbocycles. The fourth-order valence-corrected chi connectivity index (χ4v) is 2.33. The number of carbonyl (C=O) groups excluding carboxylic acids is 3. The van der Waals surface area contributed by atoms with E-state index in [0.29, 0.717) is 6.42 Å². The van der Waals surface area contributed by atoms with Crippen LogP contribution in [-0.4, -0.2) is 68.3 Å². The van der Waals surface area contributed by atoms with Crippen molar-refractivity contribution in [1.82, 2.24) is 10.6 Å². The first-order chi connectivity index (χ1) is 12.5. The summed E-state index contributed by atoms with van der Waals surface area (Å²) < 4.78 is 48.8. The van der Waals surface area contributed by atoms with Crippen LogP contribution in [0.5, 0.6) is 0 Å². The zero-order valence-electron chi connectivity index (χ0n) is 17.1. The first-order valence-corrected chi connectivity index (χ1v) is 10.5. The molecule has 0 spiro atoms. The maximum absolute atomic E-state index is 12.3. The van der Waals surface area contributed by atoms with Crippen LogP contribution in [0.1, 0.15) is 34.1 Å². The van der Waals surface area contributed by atoms with E-state index in [1.807, 2.05) is 0 Å². The molecule has 0 saturated heterocycles. The highest BCUT2D eigenvalue weighted by molar-refractivity contribution is 7.95. The van der Waals surface area contributed by atoms with Crippen LogP contribution in [0.25, 0.3) is 0 Å². The topological polar surface area (TPSA) is 93.7 Å². The van der Waals surface area contributed by atoms with Gasteiger partial charge in [-0.15, -0.1) is 0 Å². The van der Waals surface area contributed by atoms with Crippen molar-refractivity contribution in [3.8, 4) is 0 Å². The Morgan fingerprint density at radius 1 is 1.07 bits per heavy atom. The minimum Gasteiger partial charge on any atom is -0.467 e. The number of halogens is 4. The van der Waals surface area contributed by atoms with Crippen LogP contribution in [0.2, 0.25) is 0 Å². The lowest BCUT2D eigenvalue weighted by molar-refractivity contribution is -0.144. The third-order valence-electron chi connectivity index (χ3n) is 2.74. The minimum absolute atomic E-state index is 0.127. The first-order valence-electron chi connectivity index (χ1n) is 8.25. The van der Waals surface area contributed by atoms with Crippen molar-refractivity contribution >= 4 is 36.1 Å².